The zero-order valence-electron chi connectivity index (χ0n) is 11.1. The van der Waals surface area contributed by atoms with Crippen molar-refractivity contribution in [2.75, 3.05) is 26.2 Å². The van der Waals surface area contributed by atoms with Crippen molar-refractivity contribution >= 4 is 12.0 Å². The van der Waals surface area contributed by atoms with Gasteiger partial charge in [-0.1, -0.05) is 0 Å². The molecule has 0 radical (unpaired) electrons. The maximum absolute atomic E-state index is 12.4. The molecule has 2 aliphatic rings. The van der Waals surface area contributed by atoms with E-state index in [0.29, 0.717) is 25.9 Å². The number of aliphatic hydroxyl groups is 1. The maximum atomic E-state index is 12.4. The molecule has 6 nitrogen and oxygen atoms in total. The van der Waals surface area contributed by atoms with E-state index in [-0.39, 0.29) is 18.7 Å². The van der Waals surface area contributed by atoms with E-state index in [1.165, 1.54) is 0 Å². The van der Waals surface area contributed by atoms with Gasteiger partial charge in [0.2, 0.25) is 0 Å². The van der Waals surface area contributed by atoms with Gasteiger partial charge in [0.25, 0.3) is 0 Å². The van der Waals surface area contributed by atoms with Gasteiger partial charge in [0.05, 0.1) is 5.92 Å². The minimum Gasteiger partial charge on any atom is -0.481 e. The molecule has 19 heavy (non-hydrogen) atoms. The summed E-state index contributed by atoms with van der Waals surface area (Å²) < 4.78 is 0. The van der Waals surface area contributed by atoms with Crippen LogP contribution in [0.5, 0.6) is 0 Å². The first-order chi connectivity index (χ1) is 9.13. The van der Waals surface area contributed by atoms with Gasteiger partial charge in [0.1, 0.15) is 0 Å². The first-order valence-electron chi connectivity index (χ1n) is 7.02. The predicted octanol–water partition coefficient (Wildman–Crippen LogP) is 0.750. The number of carbonyl (C=O) groups excluding carboxylic acids is 1. The summed E-state index contributed by atoms with van der Waals surface area (Å²) in [7, 11) is 0. The third kappa shape index (κ3) is 3.18. The van der Waals surface area contributed by atoms with E-state index in [4.69, 9.17) is 10.2 Å². The predicted molar refractivity (Wildman–Crippen MR) is 68.8 cm³/mol. The summed E-state index contributed by atoms with van der Waals surface area (Å²) in [6.45, 7) is 1.78. The molecule has 2 rings (SSSR count). The summed E-state index contributed by atoms with van der Waals surface area (Å²) in [4.78, 5) is 26.8. The zero-order chi connectivity index (χ0) is 13.8. The molecule has 2 amide bonds. The van der Waals surface area contributed by atoms with Gasteiger partial charge in [-0.3, -0.25) is 4.79 Å². The Morgan fingerprint density at radius 2 is 2.00 bits per heavy atom. The molecule has 2 fully saturated rings. The standard InChI is InChI=1S/C13H22N2O4/c16-8-2-4-11-3-1-6-15(11)13(19)14-7-5-10(9-14)12(17)18/h10-11,16H,1-9H2,(H,17,18). The van der Waals surface area contributed by atoms with Crippen LogP contribution in [0.3, 0.4) is 0 Å². The molecule has 2 heterocycles. The Morgan fingerprint density at radius 1 is 1.21 bits per heavy atom. The first kappa shape index (κ1) is 14.1. The number of aliphatic hydroxyl groups excluding tert-OH is 1. The summed E-state index contributed by atoms with van der Waals surface area (Å²) in [5.41, 5.74) is 0. The van der Waals surface area contributed by atoms with Crippen molar-refractivity contribution in [3.05, 3.63) is 0 Å². The van der Waals surface area contributed by atoms with Gasteiger partial charge in [-0.25, -0.2) is 4.79 Å². The van der Waals surface area contributed by atoms with E-state index < -0.39 is 11.9 Å². The van der Waals surface area contributed by atoms with Crippen molar-refractivity contribution in [3.8, 4) is 0 Å². The average Bonchev–Trinajstić information content (AvgIpc) is 3.04. The lowest BCUT2D eigenvalue weighted by atomic mass is 10.1. The lowest BCUT2D eigenvalue weighted by Gasteiger charge is -2.29. The molecule has 0 spiro atoms. The first-order valence-corrected chi connectivity index (χ1v) is 7.02. The molecule has 0 aromatic rings. The number of amides is 2. The van der Waals surface area contributed by atoms with Crippen LogP contribution in [0.15, 0.2) is 0 Å². The Kier molecular flexibility index (Phi) is 4.63. The van der Waals surface area contributed by atoms with Crippen molar-refractivity contribution in [1.29, 1.82) is 0 Å². The molecule has 0 aromatic heterocycles. The van der Waals surface area contributed by atoms with Crippen molar-refractivity contribution in [2.24, 2.45) is 5.92 Å². The van der Waals surface area contributed by atoms with Crippen LogP contribution in [0.2, 0.25) is 0 Å². The maximum Gasteiger partial charge on any atom is 0.320 e. The summed E-state index contributed by atoms with van der Waals surface area (Å²) >= 11 is 0. The number of aliphatic carboxylic acids is 1. The Labute approximate surface area is 113 Å². The molecule has 2 N–H and O–H groups in total. The Balaban J connectivity index is 1.90. The van der Waals surface area contributed by atoms with Crippen molar-refractivity contribution in [3.63, 3.8) is 0 Å². The number of carboxylic acids is 1. The van der Waals surface area contributed by atoms with E-state index in [1.54, 1.807) is 4.90 Å². The number of carbonyl (C=O) groups is 2. The number of hydrogen-bond acceptors (Lipinski definition) is 3. The van der Waals surface area contributed by atoms with Crippen molar-refractivity contribution in [2.45, 2.75) is 38.1 Å². The molecule has 0 saturated carbocycles. The van der Waals surface area contributed by atoms with Gasteiger partial charge in [-0.05, 0) is 32.1 Å². The zero-order valence-corrected chi connectivity index (χ0v) is 11.1. The van der Waals surface area contributed by atoms with E-state index in [0.717, 1.165) is 25.8 Å². The Bertz CT molecular complexity index is 348. The Hall–Kier alpha value is -1.30. The minimum absolute atomic E-state index is 0.0239. The van der Waals surface area contributed by atoms with Gasteiger partial charge in [-0.2, -0.15) is 0 Å². The van der Waals surface area contributed by atoms with Crippen LogP contribution in [0.1, 0.15) is 32.1 Å². The number of urea groups is 1. The van der Waals surface area contributed by atoms with Gasteiger partial charge >= 0.3 is 12.0 Å². The largest absolute Gasteiger partial charge is 0.481 e. The second-order valence-electron chi connectivity index (χ2n) is 5.41. The van der Waals surface area contributed by atoms with Crippen molar-refractivity contribution in [1.82, 2.24) is 9.80 Å². The molecule has 0 bridgehead atoms. The fourth-order valence-corrected chi connectivity index (χ4v) is 3.03. The summed E-state index contributed by atoms with van der Waals surface area (Å²) in [6, 6.07) is 0.188. The Morgan fingerprint density at radius 3 is 2.63 bits per heavy atom. The molecule has 108 valence electrons. The van der Waals surface area contributed by atoms with Crippen LogP contribution >= 0.6 is 0 Å². The molecule has 2 unspecified atom stereocenters. The fourth-order valence-electron chi connectivity index (χ4n) is 3.03. The summed E-state index contributed by atoms with van der Waals surface area (Å²) in [5.74, 6) is -1.23. The molecule has 2 aliphatic heterocycles. The topological polar surface area (TPSA) is 81.1 Å². The van der Waals surface area contributed by atoms with Gasteiger partial charge in [0, 0.05) is 32.3 Å². The molecule has 2 saturated heterocycles. The normalized spacial score (nSPS) is 27.0. The van der Waals surface area contributed by atoms with E-state index >= 15 is 0 Å². The number of nitrogens with zero attached hydrogens (tertiary/aromatic N) is 2. The highest BCUT2D eigenvalue weighted by Crippen LogP contribution is 2.25. The summed E-state index contributed by atoms with van der Waals surface area (Å²) in [6.07, 6.45) is 4.08. The fraction of sp³-hybridized carbons (Fsp3) is 0.846. The average molecular weight is 270 g/mol. The third-order valence-electron chi connectivity index (χ3n) is 4.13. The second-order valence-corrected chi connectivity index (χ2v) is 5.41. The SMILES string of the molecule is O=C(O)C1CCN(C(=O)N2CCCC2CCCO)C1. The van der Waals surface area contributed by atoms with E-state index in [9.17, 15) is 9.59 Å². The quantitative estimate of drug-likeness (QED) is 0.790. The number of rotatable bonds is 4. The third-order valence-corrected chi connectivity index (χ3v) is 4.13. The molecule has 0 aliphatic carbocycles. The van der Waals surface area contributed by atoms with Gasteiger partial charge < -0.3 is 20.0 Å². The molecule has 2 atom stereocenters. The minimum atomic E-state index is -0.812. The van der Waals surface area contributed by atoms with Gasteiger partial charge in [-0.15, -0.1) is 0 Å². The van der Waals surface area contributed by atoms with Gasteiger partial charge in [0.15, 0.2) is 0 Å². The highest BCUT2D eigenvalue weighted by atomic mass is 16.4. The van der Waals surface area contributed by atoms with Crippen molar-refractivity contribution < 1.29 is 19.8 Å². The van der Waals surface area contributed by atoms with Crippen LogP contribution in [0.4, 0.5) is 4.79 Å². The molecular formula is C13H22N2O4. The van der Waals surface area contributed by atoms with Crippen LogP contribution in [-0.4, -0.2) is 64.3 Å². The van der Waals surface area contributed by atoms with Crippen LogP contribution in [0, 0.1) is 5.92 Å². The monoisotopic (exact) mass is 270 g/mol. The molecule has 6 heteroatoms. The van der Waals surface area contributed by atoms with E-state index in [2.05, 4.69) is 0 Å². The van der Waals surface area contributed by atoms with Crippen LogP contribution in [-0.2, 0) is 4.79 Å². The lowest BCUT2D eigenvalue weighted by Crippen LogP contribution is -2.44. The second kappa shape index (κ2) is 6.23. The molecule has 0 aromatic carbocycles. The highest BCUT2D eigenvalue weighted by molar-refractivity contribution is 5.78. The van der Waals surface area contributed by atoms with Crippen LogP contribution in [0.25, 0.3) is 0 Å². The number of likely N-dealkylation sites (tertiary alicyclic amines) is 2. The van der Waals surface area contributed by atoms with Crippen LogP contribution < -0.4 is 0 Å². The lowest BCUT2D eigenvalue weighted by molar-refractivity contribution is -0.141. The smallest absolute Gasteiger partial charge is 0.320 e. The molecular weight excluding hydrogens is 248 g/mol. The van der Waals surface area contributed by atoms with E-state index in [1.807, 2.05) is 4.90 Å². The summed E-state index contributed by atoms with van der Waals surface area (Å²) in [5, 5.41) is 17.8. The number of carboxylic acid groups (broad SMARTS) is 1. The highest BCUT2D eigenvalue weighted by Gasteiger charge is 2.36. The number of hydrogen-bond donors (Lipinski definition) is 2.